The van der Waals surface area contributed by atoms with Gasteiger partial charge in [0.25, 0.3) is 5.69 Å². The third-order valence-electron chi connectivity index (χ3n) is 2.06. The lowest BCUT2D eigenvalue weighted by Crippen LogP contribution is -2.02. The molecular weight excluding hydrogens is 342 g/mol. The Morgan fingerprint density at radius 3 is 2.56 bits per heavy atom. The molecule has 0 aromatic heterocycles. The molecule has 0 heterocycles. The lowest BCUT2D eigenvalue weighted by molar-refractivity contribution is -0.385. The van der Waals surface area contributed by atoms with Crippen LogP contribution in [0.15, 0.2) is 18.2 Å². The molecule has 4 nitrogen and oxygen atoms in total. The highest BCUT2D eigenvalue weighted by atomic mass is 79.9. The Balaban J connectivity index is 3.08. The molecule has 86 valence electrons. The lowest BCUT2D eigenvalue weighted by Gasteiger charge is -2.02. The van der Waals surface area contributed by atoms with E-state index in [1.54, 1.807) is 6.07 Å². The second-order valence-electron chi connectivity index (χ2n) is 3.10. The van der Waals surface area contributed by atoms with Crippen LogP contribution in [0.3, 0.4) is 0 Å². The van der Waals surface area contributed by atoms with Crippen LogP contribution in [-0.2, 0) is 5.33 Å². The normalized spacial score (nSPS) is 10.1. The number of hydrogen-bond donors (Lipinski definition) is 0. The molecule has 1 rings (SSSR count). The lowest BCUT2D eigenvalue weighted by atomic mass is 10.1. The molecule has 0 aliphatic heterocycles. The van der Waals surface area contributed by atoms with Crippen molar-refractivity contribution >= 4 is 43.3 Å². The maximum atomic E-state index is 11.6. The van der Waals surface area contributed by atoms with Crippen LogP contribution in [0, 0.1) is 10.1 Å². The van der Waals surface area contributed by atoms with Gasteiger partial charge in [-0.25, -0.2) is 0 Å². The SMILES string of the molecule is O=C(CCBr)c1ccc([N+](=O)[O-])c(CBr)c1. The van der Waals surface area contributed by atoms with E-state index in [-0.39, 0.29) is 11.5 Å². The summed E-state index contributed by atoms with van der Waals surface area (Å²) in [5.74, 6) is -0.0195. The van der Waals surface area contributed by atoms with Gasteiger partial charge < -0.3 is 0 Å². The van der Waals surface area contributed by atoms with Crippen LogP contribution in [0.25, 0.3) is 0 Å². The molecule has 1 aromatic rings. The van der Waals surface area contributed by atoms with Gasteiger partial charge in [-0.1, -0.05) is 31.9 Å². The average molecular weight is 351 g/mol. The van der Waals surface area contributed by atoms with Crippen LogP contribution in [0.2, 0.25) is 0 Å². The molecule has 0 N–H and O–H groups in total. The van der Waals surface area contributed by atoms with E-state index in [9.17, 15) is 14.9 Å². The van der Waals surface area contributed by atoms with Gasteiger partial charge in [-0.15, -0.1) is 0 Å². The number of benzene rings is 1. The molecule has 0 unspecified atom stereocenters. The topological polar surface area (TPSA) is 60.2 Å². The fraction of sp³-hybridized carbons (Fsp3) is 0.300. The van der Waals surface area contributed by atoms with Gasteiger partial charge in [0.2, 0.25) is 0 Å². The number of ketones is 1. The van der Waals surface area contributed by atoms with Crippen LogP contribution >= 0.6 is 31.9 Å². The van der Waals surface area contributed by atoms with E-state index in [4.69, 9.17) is 0 Å². The second-order valence-corrected chi connectivity index (χ2v) is 4.45. The van der Waals surface area contributed by atoms with Crippen molar-refractivity contribution in [2.45, 2.75) is 11.8 Å². The number of carbonyl (C=O) groups excluding carboxylic acids is 1. The van der Waals surface area contributed by atoms with Crippen molar-refractivity contribution in [1.82, 2.24) is 0 Å². The molecule has 0 saturated heterocycles. The van der Waals surface area contributed by atoms with Gasteiger partial charge in [-0.05, 0) is 12.1 Å². The number of hydrogen-bond acceptors (Lipinski definition) is 3. The maximum Gasteiger partial charge on any atom is 0.273 e. The van der Waals surface area contributed by atoms with E-state index >= 15 is 0 Å². The van der Waals surface area contributed by atoms with E-state index in [2.05, 4.69) is 31.9 Å². The van der Waals surface area contributed by atoms with Gasteiger partial charge in [-0.3, -0.25) is 14.9 Å². The number of Topliss-reactive ketones (excluding diaryl/α,β-unsaturated/α-hetero) is 1. The van der Waals surface area contributed by atoms with Crippen molar-refractivity contribution in [3.8, 4) is 0 Å². The predicted molar refractivity (Wildman–Crippen MR) is 68.5 cm³/mol. The summed E-state index contributed by atoms with van der Waals surface area (Å²) in [5.41, 5.74) is 1.07. The Hall–Kier alpha value is -0.750. The molecule has 0 fully saturated rings. The number of alkyl halides is 2. The molecule has 6 heteroatoms. The first kappa shape index (κ1) is 13.3. The highest BCUT2D eigenvalue weighted by Crippen LogP contribution is 2.23. The van der Waals surface area contributed by atoms with Crippen LogP contribution in [0.4, 0.5) is 5.69 Å². The molecule has 0 aliphatic rings. The monoisotopic (exact) mass is 349 g/mol. The Bertz CT molecular complexity index is 421. The van der Waals surface area contributed by atoms with Crippen LogP contribution < -0.4 is 0 Å². The quantitative estimate of drug-likeness (QED) is 0.353. The average Bonchev–Trinajstić information content (AvgIpc) is 2.28. The first-order valence-electron chi connectivity index (χ1n) is 4.52. The van der Waals surface area contributed by atoms with Gasteiger partial charge in [0.05, 0.1) is 4.92 Å². The second kappa shape index (κ2) is 6.10. The Morgan fingerprint density at radius 2 is 2.06 bits per heavy atom. The zero-order valence-electron chi connectivity index (χ0n) is 8.28. The summed E-state index contributed by atoms with van der Waals surface area (Å²) >= 11 is 6.36. The van der Waals surface area contributed by atoms with Crippen LogP contribution in [-0.4, -0.2) is 16.0 Å². The zero-order valence-corrected chi connectivity index (χ0v) is 11.5. The molecule has 0 atom stereocenters. The third-order valence-corrected chi connectivity index (χ3v) is 3.06. The largest absolute Gasteiger partial charge is 0.294 e. The zero-order chi connectivity index (χ0) is 12.1. The highest BCUT2D eigenvalue weighted by molar-refractivity contribution is 9.09. The van der Waals surface area contributed by atoms with Crippen molar-refractivity contribution in [3.05, 3.63) is 39.4 Å². The van der Waals surface area contributed by atoms with E-state index in [1.165, 1.54) is 12.1 Å². The van der Waals surface area contributed by atoms with Crippen LogP contribution in [0.1, 0.15) is 22.3 Å². The van der Waals surface area contributed by atoms with Crippen molar-refractivity contribution < 1.29 is 9.72 Å². The van der Waals surface area contributed by atoms with Crippen molar-refractivity contribution in [2.75, 3.05) is 5.33 Å². The number of halogens is 2. The Kier molecular flexibility index (Phi) is 5.08. The first-order valence-corrected chi connectivity index (χ1v) is 6.77. The van der Waals surface area contributed by atoms with Crippen LogP contribution in [0.5, 0.6) is 0 Å². The third kappa shape index (κ3) is 3.12. The molecule has 16 heavy (non-hydrogen) atoms. The summed E-state index contributed by atoms with van der Waals surface area (Å²) in [6.45, 7) is 0. The number of nitrogens with zero attached hydrogens (tertiary/aromatic N) is 1. The van der Waals surface area contributed by atoms with Gasteiger partial charge >= 0.3 is 0 Å². The minimum atomic E-state index is -0.449. The fourth-order valence-electron chi connectivity index (χ4n) is 1.27. The standard InChI is InChI=1S/C10H9Br2NO3/c11-4-3-10(14)7-1-2-9(13(15)16)8(5-7)6-12/h1-2,5H,3-4,6H2. The molecule has 0 saturated carbocycles. The molecule has 0 radical (unpaired) electrons. The minimum Gasteiger partial charge on any atom is -0.294 e. The smallest absolute Gasteiger partial charge is 0.273 e. The minimum absolute atomic E-state index is 0.0195. The summed E-state index contributed by atoms with van der Waals surface area (Å²) in [7, 11) is 0. The Morgan fingerprint density at radius 1 is 1.38 bits per heavy atom. The molecule has 1 aromatic carbocycles. The molecule has 0 bridgehead atoms. The van der Waals surface area contributed by atoms with Gasteiger partial charge in [0.15, 0.2) is 5.78 Å². The summed E-state index contributed by atoms with van der Waals surface area (Å²) in [6, 6.07) is 4.44. The summed E-state index contributed by atoms with van der Waals surface area (Å²) < 4.78 is 0. The first-order chi connectivity index (χ1) is 7.60. The number of nitro groups is 1. The highest BCUT2D eigenvalue weighted by Gasteiger charge is 2.15. The van der Waals surface area contributed by atoms with Gasteiger partial charge in [-0.2, -0.15) is 0 Å². The van der Waals surface area contributed by atoms with Crippen molar-refractivity contribution in [1.29, 1.82) is 0 Å². The Labute approximate surface area is 109 Å². The fourth-order valence-corrected chi connectivity index (χ4v) is 2.08. The molecule has 0 amide bonds. The van der Waals surface area contributed by atoms with E-state index in [0.29, 0.717) is 28.2 Å². The molecular formula is C10H9Br2NO3. The van der Waals surface area contributed by atoms with Gasteiger partial charge in [0, 0.05) is 34.3 Å². The van der Waals surface area contributed by atoms with E-state index in [1.807, 2.05) is 0 Å². The summed E-state index contributed by atoms with van der Waals surface area (Å²) in [5, 5.41) is 11.6. The van der Waals surface area contributed by atoms with E-state index < -0.39 is 4.92 Å². The predicted octanol–water partition coefficient (Wildman–Crippen LogP) is 3.46. The molecule has 0 spiro atoms. The van der Waals surface area contributed by atoms with E-state index in [0.717, 1.165) is 0 Å². The molecule has 0 aliphatic carbocycles. The number of nitro benzene ring substituents is 1. The summed E-state index contributed by atoms with van der Waals surface area (Å²) in [4.78, 5) is 21.8. The summed E-state index contributed by atoms with van der Waals surface area (Å²) in [6.07, 6.45) is 0.388. The van der Waals surface area contributed by atoms with Gasteiger partial charge in [0.1, 0.15) is 0 Å². The van der Waals surface area contributed by atoms with Crippen molar-refractivity contribution in [3.63, 3.8) is 0 Å². The van der Waals surface area contributed by atoms with Crippen molar-refractivity contribution in [2.24, 2.45) is 0 Å². The number of carbonyl (C=O) groups is 1. The maximum absolute atomic E-state index is 11.6. The number of rotatable bonds is 5.